The van der Waals surface area contributed by atoms with E-state index in [-0.39, 0.29) is 0 Å². The highest BCUT2D eigenvalue weighted by Crippen LogP contribution is 2.33. The molecule has 0 radical (unpaired) electrons. The Morgan fingerprint density at radius 2 is 0.542 bits per heavy atom. The van der Waals surface area contributed by atoms with E-state index in [4.69, 9.17) is 15.0 Å². The highest BCUT2D eigenvalue weighted by atomic mass is 15.0. The Labute approximate surface area is 279 Å². The average molecular weight is 616 g/mol. The summed E-state index contributed by atoms with van der Waals surface area (Å²) in [5.74, 6) is 2.41. The van der Waals surface area contributed by atoms with E-state index in [9.17, 15) is 0 Å². The summed E-state index contributed by atoms with van der Waals surface area (Å²) in [6.45, 7) is 0. The van der Waals surface area contributed by atoms with E-state index < -0.39 is 0 Å². The molecule has 0 aliphatic carbocycles. The summed E-state index contributed by atoms with van der Waals surface area (Å²) in [5, 5.41) is 0. The van der Waals surface area contributed by atoms with Gasteiger partial charge in [-0.05, 0) is 57.6 Å². The maximum atomic E-state index is 5.07. The van der Waals surface area contributed by atoms with Crippen LogP contribution in [-0.2, 0) is 0 Å². The Bertz CT molecular complexity index is 2130. The van der Waals surface area contributed by atoms with Gasteiger partial charge in [0.2, 0.25) is 0 Å². The SMILES string of the molecule is c1ccc(-c2ccc(-c3nc(-c4ccc(-c5ccccc5)cc4)nc(-c4cc(-c5ccccc5)cc(-c5ncccn5)c4)n3)cc2)cc1. The third kappa shape index (κ3) is 6.13. The third-order valence-electron chi connectivity index (χ3n) is 8.26. The Morgan fingerprint density at radius 3 is 0.979 bits per heavy atom. The molecule has 0 saturated heterocycles. The summed E-state index contributed by atoms with van der Waals surface area (Å²) >= 11 is 0. The number of hydrogen-bond donors (Lipinski definition) is 0. The van der Waals surface area contributed by atoms with E-state index in [0.29, 0.717) is 23.3 Å². The van der Waals surface area contributed by atoms with Crippen LogP contribution >= 0.6 is 0 Å². The molecule has 0 N–H and O–H groups in total. The predicted molar refractivity (Wildman–Crippen MR) is 193 cm³/mol. The van der Waals surface area contributed by atoms with Crippen LogP contribution < -0.4 is 0 Å². The van der Waals surface area contributed by atoms with E-state index in [0.717, 1.165) is 55.6 Å². The topological polar surface area (TPSA) is 64.5 Å². The quantitative estimate of drug-likeness (QED) is 0.178. The maximum Gasteiger partial charge on any atom is 0.164 e. The molecule has 2 aromatic heterocycles. The van der Waals surface area contributed by atoms with Crippen molar-refractivity contribution < 1.29 is 0 Å². The largest absolute Gasteiger partial charge is 0.237 e. The Hall–Kier alpha value is -6.59. The van der Waals surface area contributed by atoms with Crippen LogP contribution in [0.5, 0.6) is 0 Å². The van der Waals surface area contributed by atoms with Crippen molar-refractivity contribution in [2.45, 2.75) is 0 Å². The third-order valence-corrected chi connectivity index (χ3v) is 8.26. The lowest BCUT2D eigenvalue weighted by atomic mass is 9.98. The molecule has 5 heteroatoms. The van der Waals surface area contributed by atoms with E-state index in [1.54, 1.807) is 12.4 Å². The normalized spacial score (nSPS) is 10.9. The van der Waals surface area contributed by atoms with Gasteiger partial charge in [-0.15, -0.1) is 0 Å². The minimum atomic E-state index is 0.573. The van der Waals surface area contributed by atoms with Gasteiger partial charge in [-0.2, -0.15) is 0 Å². The van der Waals surface area contributed by atoms with Gasteiger partial charge < -0.3 is 0 Å². The van der Waals surface area contributed by atoms with Crippen molar-refractivity contribution in [2.24, 2.45) is 0 Å². The van der Waals surface area contributed by atoms with Crippen molar-refractivity contribution in [1.82, 2.24) is 24.9 Å². The zero-order valence-electron chi connectivity index (χ0n) is 26.0. The van der Waals surface area contributed by atoms with Gasteiger partial charge in [0.15, 0.2) is 23.3 Å². The van der Waals surface area contributed by atoms with Crippen LogP contribution in [0.2, 0.25) is 0 Å². The van der Waals surface area contributed by atoms with Gasteiger partial charge in [-0.25, -0.2) is 24.9 Å². The molecular weight excluding hydrogens is 587 g/mol. The summed E-state index contributed by atoms with van der Waals surface area (Å²) < 4.78 is 0. The molecule has 0 spiro atoms. The minimum Gasteiger partial charge on any atom is -0.237 e. The van der Waals surface area contributed by atoms with Crippen molar-refractivity contribution in [3.05, 3.63) is 176 Å². The van der Waals surface area contributed by atoms with E-state index in [1.165, 1.54) is 0 Å². The summed E-state index contributed by atoms with van der Waals surface area (Å²) in [5.41, 5.74) is 10.2. The fourth-order valence-electron chi connectivity index (χ4n) is 5.78. The van der Waals surface area contributed by atoms with Crippen molar-refractivity contribution in [3.8, 4) is 78.9 Å². The van der Waals surface area contributed by atoms with Crippen molar-refractivity contribution in [3.63, 3.8) is 0 Å². The van der Waals surface area contributed by atoms with Crippen molar-refractivity contribution >= 4 is 0 Å². The lowest BCUT2D eigenvalue weighted by Gasteiger charge is -2.12. The van der Waals surface area contributed by atoms with Crippen molar-refractivity contribution in [2.75, 3.05) is 0 Å². The molecule has 6 aromatic carbocycles. The molecule has 0 fully saturated rings. The van der Waals surface area contributed by atoms with E-state index in [1.807, 2.05) is 36.4 Å². The zero-order valence-corrected chi connectivity index (χ0v) is 26.0. The molecule has 0 saturated carbocycles. The van der Waals surface area contributed by atoms with Gasteiger partial charge in [-0.1, -0.05) is 140 Å². The highest BCUT2D eigenvalue weighted by molar-refractivity contribution is 5.79. The van der Waals surface area contributed by atoms with Crippen LogP contribution in [0.3, 0.4) is 0 Å². The van der Waals surface area contributed by atoms with Crippen LogP contribution in [0.1, 0.15) is 0 Å². The maximum absolute atomic E-state index is 5.07. The van der Waals surface area contributed by atoms with Gasteiger partial charge in [0.1, 0.15) is 0 Å². The molecule has 2 heterocycles. The number of rotatable bonds is 7. The monoisotopic (exact) mass is 615 g/mol. The second kappa shape index (κ2) is 13.0. The van der Waals surface area contributed by atoms with Gasteiger partial charge in [0.25, 0.3) is 0 Å². The smallest absolute Gasteiger partial charge is 0.164 e. The Morgan fingerprint density at radius 1 is 0.229 bits per heavy atom. The van der Waals surface area contributed by atoms with Crippen LogP contribution in [0, 0.1) is 0 Å². The standard InChI is InChI=1S/C43H29N5/c1-4-11-30(12-5-1)33-17-21-35(22-18-33)41-46-42(36-23-19-34(20-24-36)31-13-6-2-7-14-31)48-43(47-41)39-28-37(32-15-8-3-9-16-32)27-38(29-39)40-44-25-10-26-45-40/h1-29H. The molecule has 0 amide bonds. The van der Waals surface area contributed by atoms with Crippen LogP contribution in [-0.4, -0.2) is 24.9 Å². The lowest BCUT2D eigenvalue weighted by Crippen LogP contribution is -2.01. The van der Waals surface area contributed by atoms with Crippen LogP contribution in [0.4, 0.5) is 0 Å². The van der Waals surface area contributed by atoms with Gasteiger partial charge in [0, 0.05) is 34.6 Å². The fourth-order valence-corrected chi connectivity index (χ4v) is 5.78. The van der Waals surface area contributed by atoms with Crippen molar-refractivity contribution in [1.29, 1.82) is 0 Å². The molecule has 5 nitrogen and oxygen atoms in total. The first-order valence-corrected chi connectivity index (χ1v) is 15.8. The van der Waals surface area contributed by atoms with E-state index in [2.05, 4.69) is 137 Å². The molecule has 48 heavy (non-hydrogen) atoms. The Kier molecular flexibility index (Phi) is 7.83. The second-order valence-electron chi connectivity index (χ2n) is 11.4. The molecule has 0 aliphatic heterocycles. The van der Waals surface area contributed by atoms with Gasteiger partial charge >= 0.3 is 0 Å². The molecule has 8 rings (SSSR count). The van der Waals surface area contributed by atoms with Gasteiger partial charge in [0.05, 0.1) is 0 Å². The highest BCUT2D eigenvalue weighted by Gasteiger charge is 2.16. The van der Waals surface area contributed by atoms with Crippen LogP contribution in [0.25, 0.3) is 78.9 Å². The Balaban J connectivity index is 1.28. The fraction of sp³-hybridized carbons (Fsp3) is 0. The molecule has 8 aromatic rings. The summed E-state index contributed by atoms with van der Waals surface area (Å²) in [6.07, 6.45) is 3.52. The van der Waals surface area contributed by atoms with E-state index >= 15 is 0 Å². The minimum absolute atomic E-state index is 0.573. The molecule has 226 valence electrons. The second-order valence-corrected chi connectivity index (χ2v) is 11.4. The molecular formula is C43H29N5. The average Bonchev–Trinajstić information content (AvgIpc) is 3.19. The number of aromatic nitrogens is 5. The number of nitrogens with zero attached hydrogens (tertiary/aromatic N) is 5. The summed E-state index contributed by atoms with van der Waals surface area (Å²) in [4.78, 5) is 24.3. The molecule has 0 bridgehead atoms. The summed E-state index contributed by atoms with van der Waals surface area (Å²) in [7, 11) is 0. The summed E-state index contributed by atoms with van der Waals surface area (Å²) in [6, 6.07) is 55.9. The number of hydrogen-bond acceptors (Lipinski definition) is 5. The number of benzene rings is 6. The lowest BCUT2D eigenvalue weighted by molar-refractivity contribution is 1.07. The first kappa shape index (κ1) is 28.9. The molecule has 0 unspecified atom stereocenters. The first-order chi connectivity index (χ1) is 23.8. The predicted octanol–water partition coefficient (Wildman–Crippen LogP) is 10.3. The zero-order chi connectivity index (χ0) is 32.1. The molecule has 0 aliphatic rings. The van der Waals surface area contributed by atoms with Gasteiger partial charge in [-0.3, -0.25) is 0 Å². The molecule has 0 atom stereocenters. The van der Waals surface area contributed by atoms with Crippen LogP contribution in [0.15, 0.2) is 176 Å². The first-order valence-electron chi connectivity index (χ1n) is 15.8.